The summed E-state index contributed by atoms with van der Waals surface area (Å²) in [7, 11) is 0. The molecule has 0 bridgehead atoms. The van der Waals surface area contributed by atoms with Crippen molar-refractivity contribution < 1.29 is 4.79 Å². The molecule has 2 aromatic heterocycles. The molecule has 0 fully saturated rings. The molecule has 0 radical (unpaired) electrons. The van der Waals surface area contributed by atoms with Gasteiger partial charge in [-0.05, 0) is 39.0 Å². The summed E-state index contributed by atoms with van der Waals surface area (Å²) in [5.74, 6) is -0.323. The Morgan fingerprint density at radius 1 is 1.03 bits per heavy atom. The number of para-hydroxylation sites is 1. The summed E-state index contributed by atoms with van der Waals surface area (Å²) in [4.78, 5) is 32.7. The molecule has 2 aromatic carbocycles. The molecule has 1 amide bonds. The Hall–Kier alpha value is -3.32. The van der Waals surface area contributed by atoms with Crippen LogP contribution >= 0.6 is 11.3 Å². The summed E-state index contributed by atoms with van der Waals surface area (Å²) in [6.07, 6.45) is 0. The van der Waals surface area contributed by atoms with Gasteiger partial charge < -0.3 is 0 Å². The minimum Gasteiger partial charge on any atom is -0.267 e. The van der Waals surface area contributed by atoms with Crippen molar-refractivity contribution in [3.8, 4) is 0 Å². The normalized spacial score (nSPS) is 11.2. The van der Waals surface area contributed by atoms with E-state index in [9.17, 15) is 9.59 Å². The largest absolute Gasteiger partial charge is 0.285 e. The van der Waals surface area contributed by atoms with E-state index in [1.54, 1.807) is 29.2 Å². The lowest BCUT2D eigenvalue weighted by Gasteiger charge is -2.21. The molecule has 6 nitrogen and oxygen atoms in total. The van der Waals surface area contributed by atoms with E-state index in [1.807, 2.05) is 56.5 Å². The molecular weight excluding hydrogens is 384 g/mol. The molecule has 0 saturated heterocycles. The highest BCUT2D eigenvalue weighted by Gasteiger charge is 2.27. The minimum atomic E-state index is -0.323. The number of hydrogen-bond acceptors (Lipinski definition) is 5. The first-order chi connectivity index (χ1) is 14.0. The second kappa shape index (κ2) is 7.60. The molecule has 0 atom stereocenters. The van der Waals surface area contributed by atoms with Crippen molar-refractivity contribution in [3.63, 3.8) is 0 Å². The summed E-state index contributed by atoms with van der Waals surface area (Å²) in [6, 6.07) is 16.3. The minimum absolute atomic E-state index is 0.175. The van der Waals surface area contributed by atoms with Gasteiger partial charge in [0.15, 0.2) is 10.8 Å². The predicted octanol–water partition coefficient (Wildman–Crippen LogP) is 4.72. The summed E-state index contributed by atoms with van der Waals surface area (Å²) >= 11 is 1.39. The van der Waals surface area contributed by atoms with E-state index >= 15 is 0 Å². The molecule has 0 aliphatic rings. The van der Waals surface area contributed by atoms with Gasteiger partial charge in [-0.1, -0.05) is 36.4 Å². The second-order valence-electron chi connectivity index (χ2n) is 6.99. The van der Waals surface area contributed by atoms with Crippen LogP contribution in [0.2, 0.25) is 0 Å². The Morgan fingerprint density at radius 2 is 1.69 bits per heavy atom. The SMILES string of the molecule is Cc1csc(N(C(=O)c2nn(C(C)C)c(=O)c3ccccc23)c2ccccc2)n1. The first kappa shape index (κ1) is 19.0. The Bertz CT molecular complexity index is 1240. The van der Waals surface area contributed by atoms with Crippen LogP contribution in [-0.2, 0) is 0 Å². The van der Waals surface area contributed by atoms with Crippen LogP contribution in [0.3, 0.4) is 0 Å². The second-order valence-corrected chi connectivity index (χ2v) is 7.82. The van der Waals surface area contributed by atoms with Gasteiger partial charge in [-0.25, -0.2) is 9.67 Å². The fourth-order valence-electron chi connectivity index (χ4n) is 3.16. The molecular formula is C22H20N4O2S. The lowest BCUT2D eigenvalue weighted by molar-refractivity contribution is 0.0993. The molecule has 29 heavy (non-hydrogen) atoms. The average molecular weight is 404 g/mol. The molecule has 2 heterocycles. The molecule has 0 N–H and O–H groups in total. The van der Waals surface area contributed by atoms with Gasteiger partial charge in [0.1, 0.15) is 0 Å². The molecule has 4 rings (SSSR count). The molecule has 0 aliphatic heterocycles. The van der Waals surface area contributed by atoms with Gasteiger partial charge in [-0.3, -0.25) is 14.5 Å². The number of carbonyl (C=O) groups excluding carboxylic acids is 1. The number of aryl methyl sites for hydroxylation is 1. The van der Waals surface area contributed by atoms with E-state index < -0.39 is 0 Å². The van der Waals surface area contributed by atoms with Gasteiger partial charge in [-0.15, -0.1) is 11.3 Å². The van der Waals surface area contributed by atoms with Gasteiger partial charge in [0, 0.05) is 10.8 Å². The number of hydrogen-bond donors (Lipinski definition) is 0. The zero-order valence-electron chi connectivity index (χ0n) is 16.4. The van der Waals surface area contributed by atoms with E-state index in [0.29, 0.717) is 21.6 Å². The molecule has 0 saturated carbocycles. The van der Waals surface area contributed by atoms with Crippen LogP contribution < -0.4 is 10.5 Å². The Morgan fingerprint density at radius 3 is 2.31 bits per heavy atom. The lowest BCUT2D eigenvalue weighted by Crippen LogP contribution is -2.32. The Balaban J connectivity index is 1.97. The van der Waals surface area contributed by atoms with Crippen molar-refractivity contribution in [2.45, 2.75) is 26.8 Å². The van der Waals surface area contributed by atoms with Gasteiger partial charge >= 0.3 is 0 Å². The third-order valence-corrected chi connectivity index (χ3v) is 5.48. The Labute approximate surface area is 172 Å². The number of thiazole rings is 1. The van der Waals surface area contributed by atoms with E-state index in [0.717, 1.165) is 5.69 Å². The zero-order valence-corrected chi connectivity index (χ0v) is 17.2. The number of anilines is 2. The molecule has 0 spiro atoms. The summed E-state index contributed by atoms with van der Waals surface area (Å²) < 4.78 is 1.37. The quantitative estimate of drug-likeness (QED) is 0.493. The maximum Gasteiger partial charge on any atom is 0.285 e. The van der Waals surface area contributed by atoms with Gasteiger partial charge in [-0.2, -0.15) is 5.10 Å². The molecule has 4 aromatic rings. The van der Waals surface area contributed by atoms with Crippen LogP contribution in [0.4, 0.5) is 10.8 Å². The Kier molecular flexibility index (Phi) is 4.98. The van der Waals surface area contributed by atoms with Gasteiger partial charge in [0.25, 0.3) is 11.5 Å². The number of rotatable bonds is 4. The van der Waals surface area contributed by atoms with Crippen LogP contribution in [0, 0.1) is 6.92 Å². The number of nitrogens with zero attached hydrogens (tertiary/aromatic N) is 4. The molecule has 0 aliphatic carbocycles. The average Bonchev–Trinajstić information content (AvgIpc) is 3.15. The molecule has 0 unspecified atom stereocenters. The van der Waals surface area contributed by atoms with E-state index in [2.05, 4.69) is 10.1 Å². The van der Waals surface area contributed by atoms with E-state index in [-0.39, 0.29) is 23.2 Å². The molecule has 146 valence electrons. The van der Waals surface area contributed by atoms with Gasteiger partial charge in [0.2, 0.25) is 0 Å². The highest BCUT2D eigenvalue weighted by molar-refractivity contribution is 7.14. The number of amides is 1. The predicted molar refractivity (Wildman–Crippen MR) is 116 cm³/mol. The van der Waals surface area contributed by atoms with Crippen LogP contribution in [-0.4, -0.2) is 20.7 Å². The summed E-state index contributed by atoms with van der Waals surface area (Å²) in [6.45, 7) is 5.63. The van der Waals surface area contributed by atoms with Crippen molar-refractivity contribution in [1.29, 1.82) is 0 Å². The zero-order chi connectivity index (χ0) is 20.5. The fourth-order valence-corrected chi connectivity index (χ4v) is 3.98. The number of aromatic nitrogens is 3. The highest BCUT2D eigenvalue weighted by Crippen LogP contribution is 2.31. The standard InChI is InChI=1S/C22H20N4O2S/c1-14(2)26-20(27)18-12-8-7-11-17(18)19(24-26)21(28)25(16-9-5-4-6-10-16)22-23-15(3)13-29-22/h4-14H,1-3H3. The summed E-state index contributed by atoms with van der Waals surface area (Å²) in [5.41, 5.74) is 1.55. The van der Waals surface area contributed by atoms with E-state index in [4.69, 9.17) is 0 Å². The van der Waals surface area contributed by atoms with Crippen molar-refractivity contribution in [2.24, 2.45) is 0 Å². The number of fused-ring (bicyclic) bond motifs is 1. The number of benzene rings is 2. The van der Waals surface area contributed by atoms with Crippen LogP contribution in [0.1, 0.15) is 36.1 Å². The van der Waals surface area contributed by atoms with Crippen molar-refractivity contribution >= 4 is 38.8 Å². The third-order valence-electron chi connectivity index (χ3n) is 4.54. The maximum atomic E-state index is 13.8. The topological polar surface area (TPSA) is 68.1 Å². The van der Waals surface area contributed by atoms with Crippen LogP contribution in [0.15, 0.2) is 64.8 Å². The lowest BCUT2D eigenvalue weighted by atomic mass is 10.1. The highest BCUT2D eigenvalue weighted by atomic mass is 32.1. The monoisotopic (exact) mass is 404 g/mol. The fraction of sp³-hybridized carbons (Fsp3) is 0.182. The van der Waals surface area contributed by atoms with Crippen molar-refractivity contribution in [3.05, 3.63) is 81.7 Å². The summed E-state index contributed by atoms with van der Waals surface area (Å²) in [5, 5.41) is 7.94. The first-order valence-electron chi connectivity index (χ1n) is 9.30. The van der Waals surface area contributed by atoms with Crippen molar-refractivity contribution in [1.82, 2.24) is 14.8 Å². The molecule has 7 heteroatoms. The van der Waals surface area contributed by atoms with Gasteiger partial charge in [0.05, 0.1) is 22.8 Å². The van der Waals surface area contributed by atoms with Crippen LogP contribution in [0.25, 0.3) is 10.8 Å². The van der Waals surface area contributed by atoms with Crippen LogP contribution in [0.5, 0.6) is 0 Å². The smallest absolute Gasteiger partial charge is 0.267 e. The third kappa shape index (κ3) is 3.45. The van der Waals surface area contributed by atoms with Crippen molar-refractivity contribution in [2.75, 3.05) is 4.90 Å². The maximum absolute atomic E-state index is 13.8. The first-order valence-corrected chi connectivity index (χ1v) is 10.2. The number of carbonyl (C=O) groups is 1. The van der Waals surface area contributed by atoms with E-state index in [1.165, 1.54) is 16.0 Å².